The number of alkyl halides is 3. The van der Waals surface area contributed by atoms with Crippen molar-refractivity contribution in [3.63, 3.8) is 0 Å². The van der Waals surface area contributed by atoms with Crippen molar-refractivity contribution in [3.05, 3.63) is 0 Å². The fourth-order valence-electron chi connectivity index (χ4n) is 1.66. The minimum Gasteiger partial charge on any atom is -0.393 e. The fourth-order valence-corrected chi connectivity index (χ4v) is 2.28. The van der Waals surface area contributed by atoms with Gasteiger partial charge in [0.1, 0.15) is 0 Å². The summed E-state index contributed by atoms with van der Waals surface area (Å²) >= 11 is 0. The SMILES string of the molecule is O=S(=O)(NCC1CCC(O)CC1)C(F)(F)F. The molecule has 0 aliphatic heterocycles. The van der Waals surface area contributed by atoms with Gasteiger partial charge >= 0.3 is 15.5 Å². The number of rotatable bonds is 3. The van der Waals surface area contributed by atoms with Crippen LogP contribution in [0.15, 0.2) is 0 Å². The molecule has 0 aromatic rings. The van der Waals surface area contributed by atoms with E-state index in [1.165, 1.54) is 0 Å². The molecule has 1 fully saturated rings. The minimum absolute atomic E-state index is 0.125. The lowest BCUT2D eigenvalue weighted by atomic mass is 9.88. The molecule has 0 radical (unpaired) electrons. The van der Waals surface area contributed by atoms with Crippen LogP contribution in [0.2, 0.25) is 0 Å². The van der Waals surface area contributed by atoms with E-state index in [-0.39, 0.29) is 12.5 Å². The van der Waals surface area contributed by atoms with Crippen molar-refractivity contribution >= 4 is 10.0 Å². The smallest absolute Gasteiger partial charge is 0.393 e. The molecule has 0 spiro atoms. The molecule has 96 valence electrons. The second-order valence-electron chi connectivity index (χ2n) is 3.97. The van der Waals surface area contributed by atoms with Crippen LogP contribution in [0.5, 0.6) is 0 Å². The Balaban J connectivity index is 2.41. The van der Waals surface area contributed by atoms with Crippen molar-refractivity contribution in [3.8, 4) is 0 Å². The van der Waals surface area contributed by atoms with E-state index in [9.17, 15) is 21.6 Å². The van der Waals surface area contributed by atoms with Gasteiger partial charge in [-0.2, -0.15) is 13.2 Å². The number of hydrogen-bond acceptors (Lipinski definition) is 3. The lowest BCUT2D eigenvalue weighted by molar-refractivity contribution is -0.0449. The second kappa shape index (κ2) is 4.89. The van der Waals surface area contributed by atoms with E-state index in [0.717, 1.165) is 0 Å². The zero-order chi connectivity index (χ0) is 12.4. The number of aliphatic hydroxyl groups is 1. The molecule has 0 atom stereocenters. The van der Waals surface area contributed by atoms with E-state index < -0.39 is 21.6 Å². The first-order chi connectivity index (χ1) is 7.22. The van der Waals surface area contributed by atoms with Crippen molar-refractivity contribution < 1.29 is 26.7 Å². The van der Waals surface area contributed by atoms with Gasteiger partial charge in [-0.05, 0) is 31.6 Å². The molecule has 0 bridgehead atoms. The summed E-state index contributed by atoms with van der Waals surface area (Å²) in [5, 5.41) is 9.17. The van der Waals surface area contributed by atoms with Crippen LogP contribution in [0.25, 0.3) is 0 Å². The van der Waals surface area contributed by atoms with Gasteiger partial charge in [-0.1, -0.05) is 0 Å². The number of halogens is 3. The molecule has 0 heterocycles. The molecule has 1 aliphatic rings. The van der Waals surface area contributed by atoms with Crippen molar-refractivity contribution in [2.75, 3.05) is 6.54 Å². The Morgan fingerprint density at radius 2 is 1.69 bits per heavy atom. The minimum atomic E-state index is -5.25. The van der Waals surface area contributed by atoms with Crippen LogP contribution >= 0.6 is 0 Å². The van der Waals surface area contributed by atoms with E-state index >= 15 is 0 Å². The summed E-state index contributed by atoms with van der Waals surface area (Å²) in [5.74, 6) is -0.125. The van der Waals surface area contributed by atoms with Gasteiger partial charge in [-0.25, -0.2) is 13.1 Å². The zero-order valence-corrected chi connectivity index (χ0v) is 9.31. The summed E-state index contributed by atoms with van der Waals surface area (Å²) in [6.07, 6.45) is 1.70. The topological polar surface area (TPSA) is 66.4 Å². The molecule has 0 unspecified atom stereocenters. The average molecular weight is 261 g/mol. The Labute approximate surface area is 91.9 Å². The van der Waals surface area contributed by atoms with Crippen molar-refractivity contribution in [2.24, 2.45) is 5.92 Å². The fraction of sp³-hybridized carbons (Fsp3) is 1.00. The van der Waals surface area contributed by atoms with Crippen LogP contribution in [-0.4, -0.2) is 31.7 Å². The Bertz CT molecular complexity index is 320. The van der Waals surface area contributed by atoms with Crippen molar-refractivity contribution in [2.45, 2.75) is 37.3 Å². The van der Waals surface area contributed by atoms with Crippen LogP contribution in [0, 0.1) is 5.92 Å². The van der Waals surface area contributed by atoms with E-state index in [4.69, 9.17) is 5.11 Å². The Hall–Kier alpha value is -0.340. The third-order valence-corrected chi connectivity index (χ3v) is 3.84. The standard InChI is InChI=1S/C8H14F3NO3S/c9-8(10,11)16(14,15)12-5-6-1-3-7(13)4-2-6/h6-7,12-13H,1-5H2. The highest BCUT2D eigenvalue weighted by Crippen LogP contribution is 2.25. The van der Waals surface area contributed by atoms with Crippen LogP contribution in [-0.2, 0) is 10.0 Å². The summed E-state index contributed by atoms with van der Waals surface area (Å²) < 4.78 is 58.8. The molecule has 1 rings (SSSR count). The first kappa shape index (κ1) is 13.7. The van der Waals surface area contributed by atoms with Gasteiger partial charge in [0.25, 0.3) is 0 Å². The summed E-state index contributed by atoms with van der Waals surface area (Å²) in [7, 11) is -5.22. The molecule has 4 nitrogen and oxygen atoms in total. The first-order valence-electron chi connectivity index (χ1n) is 4.96. The van der Waals surface area contributed by atoms with Crippen LogP contribution in [0.4, 0.5) is 13.2 Å². The highest BCUT2D eigenvalue weighted by Gasteiger charge is 2.45. The molecule has 2 N–H and O–H groups in total. The van der Waals surface area contributed by atoms with Gasteiger partial charge in [-0.15, -0.1) is 0 Å². The zero-order valence-electron chi connectivity index (χ0n) is 8.50. The first-order valence-corrected chi connectivity index (χ1v) is 6.44. The summed E-state index contributed by atoms with van der Waals surface area (Å²) in [5.41, 5.74) is -5.25. The largest absolute Gasteiger partial charge is 0.511 e. The van der Waals surface area contributed by atoms with E-state index in [0.29, 0.717) is 25.7 Å². The van der Waals surface area contributed by atoms with Crippen LogP contribution in [0.1, 0.15) is 25.7 Å². The third-order valence-electron chi connectivity index (χ3n) is 2.68. The highest BCUT2D eigenvalue weighted by atomic mass is 32.2. The van der Waals surface area contributed by atoms with E-state index in [1.807, 2.05) is 0 Å². The molecule has 8 heteroatoms. The van der Waals surface area contributed by atoms with Crippen LogP contribution < -0.4 is 4.72 Å². The van der Waals surface area contributed by atoms with Crippen LogP contribution in [0.3, 0.4) is 0 Å². The Morgan fingerprint density at radius 1 is 1.19 bits per heavy atom. The molecule has 1 saturated carbocycles. The maximum absolute atomic E-state index is 12.0. The average Bonchev–Trinajstić information content (AvgIpc) is 2.15. The number of hydrogen-bond donors (Lipinski definition) is 2. The lowest BCUT2D eigenvalue weighted by Gasteiger charge is -2.25. The maximum atomic E-state index is 12.0. The summed E-state index contributed by atoms with van der Waals surface area (Å²) in [6, 6.07) is 0. The van der Waals surface area contributed by atoms with E-state index in [1.54, 1.807) is 4.72 Å². The molecular weight excluding hydrogens is 247 g/mol. The Morgan fingerprint density at radius 3 is 2.12 bits per heavy atom. The Kier molecular flexibility index (Phi) is 4.19. The van der Waals surface area contributed by atoms with E-state index in [2.05, 4.69) is 0 Å². The third kappa shape index (κ3) is 3.60. The van der Waals surface area contributed by atoms with Gasteiger partial charge in [0.05, 0.1) is 6.10 Å². The molecule has 0 saturated heterocycles. The predicted octanol–water partition coefficient (Wildman–Crippen LogP) is 0.977. The lowest BCUT2D eigenvalue weighted by Crippen LogP contribution is -2.39. The molecule has 16 heavy (non-hydrogen) atoms. The normalized spacial score (nSPS) is 28.0. The second-order valence-corrected chi connectivity index (χ2v) is 5.73. The van der Waals surface area contributed by atoms with Crippen molar-refractivity contribution in [1.29, 1.82) is 0 Å². The number of aliphatic hydroxyl groups excluding tert-OH is 1. The highest BCUT2D eigenvalue weighted by molar-refractivity contribution is 7.90. The van der Waals surface area contributed by atoms with Gasteiger partial charge in [-0.3, -0.25) is 0 Å². The molecule has 0 aromatic heterocycles. The molecule has 0 amide bonds. The van der Waals surface area contributed by atoms with Gasteiger partial charge < -0.3 is 5.11 Å². The van der Waals surface area contributed by atoms with Crippen molar-refractivity contribution in [1.82, 2.24) is 4.72 Å². The number of sulfonamides is 1. The van der Waals surface area contributed by atoms with Gasteiger partial charge in [0.15, 0.2) is 0 Å². The molecular formula is C8H14F3NO3S. The van der Waals surface area contributed by atoms with Gasteiger partial charge in [0.2, 0.25) is 0 Å². The van der Waals surface area contributed by atoms with Gasteiger partial charge in [0, 0.05) is 6.54 Å². The predicted molar refractivity (Wildman–Crippen MR) is 50.9 cm³/mol. The summed E-state index contributed by atoms with van der Waals surface area (Å²) in [6.45, 7) is -0.214. The quantitative estimate of drug-likeness (QED) is 0.795. The monoisotopic (exact) mass is 261 g/mol. The summed E-state index contributed by atoms with van der Waals surface area (Å²) in [4.78, 5) is 0. The molecule has 0 aromatic carbocycles. The molecule has 1 aliphatic carbocycles. The number of nitrogens with one attached hydrogen (secondary N) is 1. The maximum Gasteiger partial charge on any atom is 0.511 e.